The fraction of sp³-hybridized carbons (Fsp3) is 0.375. The molecule has 0 unspecified atom stereocenters. The number of hydrogen-bond donors (Lipinski definition) is 1. The van der Waals surface area contributed by atoms with Crippen LogP contribution in [-0.2, 0) is 6.54 Å². The zero-order valence-electron chi connectivity index (χ0n) is 13.7. The summed E-state index contributed by atoms with van der Waals surface area (Å²) in [5, 5.41) is 18.5. The predicted molar refractivity (Wildman–Crippen MR) is 87.2 cm³/mol. The van der Waals surface area contributed by atoms with Gasteiger partial charge in [-0.1, -0.05) is 0 Å². The molecule has 0 aromatic carbocycles. The van der Waals surface area contributed by atoms with Gasteiger partial charge in [0.05, 0.1) is 31.7 Å². The Balaban J connectivity index is 1.49. The van der Waals surface area contributed by atoms with E-state index in [2.05, 4.69) is 15.2 Å². The number of aryl methyl sites for hydroxylation is 1. The van der Waals surface area contributed by atoms with Crippen LogP contribution >= 0.6 is 0 Å². The van der Waals surface area contributed by atoms with Crippen molar-refractivity contribution in [3.63, 3.8) is 0 Å². The van der Waals surface area contributed by atoms with E-state index in [1.807, 2.05) is 6.92 Å². The quantitative estimate of drug-likeness (QED) is 0.728. The molecule has 1 aliphatic heterocycles. The Bertz CT molecular complexity index is 904. The van der Waals surface area contributed by atoms with E-state index >= 15 is 0 Å². The van der Waals surface area contributed by atoms with Crippen LogP contribution in [0.15, 0.2) is 37.1 Å². The lowest BCUT2D eigenvalue weighted by Crippen LogP contribution is -2.31. The molecule has 9 heteroatoms. The summed E-state index contributed by atoms with van der Waals surface area (Å²) in [5.74, 6) is 0.362. The van der Waals surface area contributed by atoms with E-state index in [4.69, 9.17) is 4.74 Å². The lowest BCUT2D eigenvalue weighted by atomic mass is 10.2. The summed E-state index contributed by atoms with van der Waals surface area (Å²) in [7, 11) is 0. The minimum Gasteiger partial charge on any atom is -0.482 e. The van der Waals surface area contributed by atoms with Crippen LogP contribution in [0, 0.1) is 0 Å². The topological polar surface area (TPSA) is 97.8 Å². The number of ether oxygens (including phenoxy) is 1. The molecule has 1 saturated heterocycles. The van der Waals surface area contributed by atoms with Crippen LogP contribution in [0.4, 0.5) is 0 Å². The van der Waals surface area contributed by atoms with Crippen LogP contribution in [0.3, 0.4) is 0 Å². The highest BCUT2D eigenvalue weighted by Gasteiger charge is 2.37. The second kappa shape index (κ2) is 6.17. The van der Waals surface area contributed by atoms with Crippen LogP contribution < -0.4 is 4.74 Å². The van der Waals surface area contributed by atoms with Gasteiger partial charge in [-0.05, 0) is 13.0 Å². The maximum absolute atomic E-state index is 12.8. The largest absolute Gasteiger partial charge is 0.482 e. The maximum atomic E-state index is 12.8. The van der Waals surface area contributed by atoms with Crippen molar-refractivity contribution >= 4 is 11.6 Å². The van der Waals surface area contributed by atoms with Gasteiger partial charge in [0.1, 0.15) is 17.8 Å². The number of carbonyl (C=O) groups excluding carboxylic acids is 1. The Morgan fingerprint density at radius 3 is 3.04 bits per heavy atom. The number of likely N-dealkylation sites (tertiary alicyclic amines) is 1. The highest BCUT2D eigenvalue weighted by Crippen LogP contribution is 2.21. The third-order valence-electron chi connectivity index (χ3n) is 4.25. The van der Waals surface area contributed by atoms with Crippen molar-refractivity contribution in [3.05, 3.63) is 42.6 Å². The summed E-state index contributed by atoms with van der Waals surface area (Å²) in [6.07, 6.45) is 6.97. The molecule has 9 nitrogen and oxygen atoms in total. The normalized spacial score (nSPS) is 20.3. The van der Waals surface area contributed by atoms with Gasteiger partial charge in [-0.2, -0.15) is 10.2 Å². The van der Waals surface area contributed by atoms with Crippen LogP contribution in [0.1, 0.15) is 17.3 Å². The van der Waals surface area contributed by atoms with E-state index in [-0.39, 0.29) is 12.5 Å². The molecule has 1 fully saturated rings. The number of fused-ring (bicyclic) bond motifs is 1. The Morgan fingerprint density at radius 1 is 1.36 bits per heavy atom. The van der Waals surface area contributed by atoms with Crippen LogP contribution in [0.5, 0.6) is 5.75 Å². The van der Waals surface area contributed by atoms with Crippen LogP contribution in [0.2, 0.25) is 0 Å². The highest BCUT2D eigenvalue weighted by atomic mass is 16.5. The molecule has 2 atom stereocenters. The number of hydrogen-bond acceptors (Lipinski definition) is 6. The van der Waals surface area contributed by atoms with Crippen molar-refractivity contribution in [2.24, 2.45) is 0 Å². The van der Waals surface area contributed by atoms with Gasteiger partial charge in [-0.3, -0.25) is 9.48 Å². The summed E-state index contributed by atoms with van der Waals surface area (Å²) in [6.45, 7) is 3.21. The molecule has 0 bridgehead atoms. The third-order valence-corrected chi connectivity index (χ3v) is 4.25. The van der Waals surface area contributed by atoms with Crippen molar-refractivity contribution in [3.8, 4) is 5.75 Å². The number of rotatable bonds is 4. The molecule has 1 aliphatic rings. The number of nitrogens with zero attached hydrogens (tertiary/aromatic N) is 6. The van der Waals surface area contributed by atoms with Crippen molar-refractivity contribution in [1.29, 1.82) is 0 Å². The molecule has 4 rings (SSSR count). The minimum absolute atomic E-state index is 0.204. The number of β-amino-alcohol motifs (C(OH)–C–C–N with tert-alkyl or cyclic N) is 1. The summed E-state index contributed by atoms with van der Waals surface area (Å²) in [6, 6.07) is 1.74. The molecule has 25 heavy (non-hydrogen) atoms. The Morgan fingerprint density at radius 2 is 2.24 bits per heavy atom. The van der Waals surface area contributed by atoms with E-state index < -0.39 is 12.2 Å². The molecule has 130 valence electrons. The molecule has 0 spiro atoms. The smallest absolute Gasteiger partial charge is 0.259 e. The highest BCUT2D eigenvalue weighted by molar-refractivity contribution is 5.99. The van der Waals surface area contributed by atoms with Crippen molar-refractivity contribution < 1.29 is 14.6 Å². The Hall–Kier alpha value is -2.94. The van der Waals surface area contributed by atoms with Crippen molar-refractivity contribution in [2.75, 3.05) is 13.1 Å². The van der Waals surface area contributed by atoms with E-state index in [0.29, 0.717) is 23.5 Å². The summed E-state index contributed by atoms with van der Waals surface area (Å²) < 4.78 is 9.08. The third kappa shape index (κ3) is 2.82. The van der Waals surface area contributed by atoms with Gasteiger partial charge >= 0.3 is 0 Å². The first kappa shape index (κ1) is 15.6. The minimum atomic E-state index is -0.760. The number of aliphatic hydroxyl groups is 1. The average Bonchev–Trinajstić information content (AvgIpc) is 3.33. The van der Waals surface area contributed by atoms with E-state index in [1.54, 1.807) is 45.0 Å². The van der Waals surface area contributed by atoms with E-state index in [1.165, 1.54) is 6.20 Å². The summed E-state index contributed by atoms with van der Waals surface area (Å²) >= 11 is 0. The number of aromatic nitrogens is 5. The van der Waals surface area contributed by atoms with Gasteiger partial charge < -0.3 is 14.7 Å². The first-order valence-corrected chi connectivity index (χ1v) is 8.10. The van der Waals surface area contributed by atoms with Crippen LogP contribution in [-0.4, -0.2) is 65.6 Å². The molecule has 1 amide bonds. The van der Waals surface area contributed by atoms with Gasteiger partial charge in [0.15, 0.2) is 11.4 Å². The van der Waals surface area contributed by atoms with E-state index in [9.17, 15) is 9.90 Å². The van der Waals surface area contributed by atoms with E-state index in [0.717, 1.165) is 6.54 Å². The monoisotopic (exact) mass is 342 g/mol. The SMILES string of the molecule is CCn1cc(O[C@@H]2CN(C(=O)c3cnn4cccnc34)C[C@H]2O)cn1. The summed E-state index contributed by atoms with van der Waals surface area (Å²) in [5.41, 5.74) is 0.905. The van der Waals surface area contributed by atoms with Crippen molar-refractivity contribution in [1.82, 2.24) is 29.3 Å². The zero-order chi connectivity index (χ0) is 17.4. The van der Waals surface area contributed by atoms with Gasteiger partial charge in [0, 0.05) is 18.9 Å². The lowest BCUT2D eigenvalue weighted by molar-refractivity contribution is 0.0729. The molecular weight excluding hydrogens is 324 g/mol. The second-order valence-corrected chi connectivity index (χ2v) is 5.91. The fourth-order valence-corrected chi connectivity index (χ4v) is 2.94. The predicted octanol–water partition coefficient (Wildman–Crippen LogP) is 0.210. The van der Waals surface area contributed by atoms with Gasteiger partial charge in [0.2, 0.25) is 0 Å². The molecule has 3 aromatic heterocycles. The number of aliphatic hydroxyl groups excluding tert-OH is 1. The molecule has 4 heterocycles. The molecule has 1 N–H and O–H groups in total. The second-order valence-electron chi connectivity index (χ2n) is 5.91. The van der Waals surface area contributed by atoms with Crippen molar-refractivity contribution in [2.45, 2.75) is 25.7 Å². The maximum Gasteiger partial charge on any atom is 0.259 e. The molecule has 0 aliphatic carbocycles. The molecule has 0 saturated carbocycles. The Labute approximate surface area is 143 Å². The fourth-order valence-electron chi connectivity index (χ4n) is 2.94. The first-order valence-electron chi connectivity index (χ1n) is 8.10. The lowest BCUT2D eigenvalue weighted by Gasteiger charge is -2.15. The van der Waals surface area contributed by atoms with Gasteiger partial charge in [-0.15, -0.1) is 0 Å². The molecular formula is C16H18N6O3. The molecule has 0 radical (unpaired) electrons. The molecule has 3 aromatic rings. The zero-order valence-corrected chi connectivity index (χ0v) is 13.7. The summed E-state index contributed by atoms with van der Waals surface area (Å²) in [4.78, 5) is 18.5. The first-order chi connectivity index (χ1) is 12.2. The standard InChI is InChI=1S/C16H18N6O3/c1-2-21-8-11(6-18-21)25-14-10-20(9-13(14)23)16(24)12-7-19-22-5-3-4-17-15(12)22/h3-8,13-14,23H,2,9-10H2,1H3/t13-,14-/m1/s1. The van der Waals surface area contributed by atoms with Gasteiger partial charge in [-0.25, -0.2) is 9.50 Å². The number of amides is 1. The Kier molecular flexibility index (Phi) is 3.85. The number of carbonyl (C=O) groups is 1. The van der Waals surface area contributed by atoms with Crippen LogP contribution in [0.25, 0.3) is 5.65 Å². The van der Waals surface area contributed by atoms with Gasteiger partial charge in [0.25, 0.3) is 5.91 Å². The average molecular weight is 342 g/mol.